The van der Waals surface area contributed by atoms with Crippen molar-refractivity contribution in [1.29, 1.82) is 0 Å². The highest BCUT2D eigenvalue weighted by Crippen LogP contribution is 2.25. The summed E-state index contributed by atoms with van der Waals surface area (Å²) < 4.78 is 0. The van der Waals surface area contributed by atoms with E-state index in [1.807, 2.05) is 0 Å². The minimum absolute atomic E-state index is 0.0441. The largest absolute Gasteiger partial charge is 0.270 e. The highest BCUT2D eigenvalue weighted by molar-refractivity contribution is 6.32. The van der Waals surface area contributed by atoms with Crippen molar-refractivity contribution in [2.24, 2.45) is 5.92 Å². The molecule has 18 heavy (non-hydrogen) atoms. The fourth-order valence-electron chi connectivity index (χ4n) is 1.34. The molecule has 0 aliphatic heterocycles. The van der Waals surface area contributed by atoms with Gasteiger partial charge in [-0.1, -0.05) is 25.4 Å². The molecule has 0 aliphatic rings. The molecule has 0 atom stereocenters. The van der Waals surface area contributed by atoms with Gasteiger partial charge in [-0.3, -0.25) is 20.2 Å². The Morgan fingerprint density at radius 2 is 1.94 bits per heavy atom. The lowest BCUT2D eigenvalue weighted by Gasteiger charge is -2.03. The standard InChI is InChI=1S/C11H11ClN2O4/c1-7(2)11(14(17)18)6-8-5-9(13(15)16)3-4-10(8)12/h3-7H,1-2H3/b11-6-. The average molecular weight is 271 g/mol. The molecule has 0 saturated heterocycles. The number of benzene rings is 1. The van der Waals surface area contributed by atoms with Crippen LogP contribution in [0.2, 0.25) is 5.02 Å². The Morgan fingerprint density at radius 3 is 2.39 bits per heavy atom. The molecule has 0 aromatic heterocycles. The first kappa shape index (κ1) is 14.1. The molecule has 0 spiro atoms. The summed E-state index contributed by atoms with van der Waals surface area (Å²) in [5.41, 5.74) is 0.0702. The lowest BCUT2D eigenvalue weighted by Crippen LogP contribution is -2.05. The molecule has 1 aromatic carbocycles. The maximum Gasteiger partial charge on any atom is 0.270 e. The number of rotatable bonds is 4. The molecular weight excluding hydrogens is 260 g/mol. The molecule has 0 N–H and O–H groups in total. The summed E-state index contributed by atoms with van der Waals surface area (Å²) in [6, 6.07) is 3.82. The first-order valence-corrected chi connectivity index (χ1v) is 5.50. The first-order valence-electron chi connectivity index (χ1n) is 5.13. The Balaban J connectivity index is 3.31. The van der Waals surface area contributed by atoms with Gasteiger partial charge < -0.3 is 0 Å². The van der Waals surface area contributed by atoms with Crippen LogP contribution in [0.15, 0.2) is 23.9 Å². The fraction of sp³-hybridized carbons (Fsp3) is 0.273. The first-order chi connectivity index (χ1) is 8.32. The van der Waals surface area contributed by atoms with Crippen LogP contribution < -0.4 is 0 Å². The van der Waals surface area contributed by atoms with E-state index in [0.29, 0.717) is 0 Å². The van der Waals surface area contributed by atoms with Crippen LogP contribution in [-0.4, -0.2) is 9.85 Å². The zero-order valence-electron chi connectivity index (χ0n) is 9.79. The van der Waals surface area contributed by atoms with Gasteiger partial charge in [-0.2, -0.15) is 0 Å². The van der Waals surface area contributed by atoms with Crippen LogP contribution in [-0.2, 0) is 0 Å². The number of nitro groups is 2. The second-order valence-electron chi connectivity index (χ2n) is 3.94. The molecule has 0 saturated carbocycles. The van der Waals surface area contributed by atoms with E-state index in [-0.39, 0.29) is 27.9 Å². The van der Waals surface area contributed by atoms with E-state index in [1.54, 1.807) is 13.8 Å². The van der Waals surface area contributed by atoms with Gasteiger partial charge in [0.2, 0.25) is 5.70 Å². The molecule has 0 radical (unpaired) electrons. The number of nitrogens with zero attached hydrogens (tertiary/aromatic N) is 2. The molecule has 0 fully saturated rings. The molecular formula is C11H11ClN2O4. The Hall–Kier alpha value is -1.95. The average Bonchev–Trinajstić information content (AvgIpc) is 2.26. The minimum Gasteiger partial charge on any atom is -0.259 e. The Morgan fingerprint density at radius 1 is 1.33 bits per heavy atom. The van der Waals surface area contributed by atoms with Gasteiger partial charge in [0.05, 0.1) is 9.85 Å². The topological polar surface area (TPSA) is 86.3 Å². The predicted octanol–water partition coefficient (Wildman–Crippen LogP) is 3.52. The zero-order chi connectivity index (χ0) is 13.9. The number of nitro benzene ring substituents is 1. The lowest BCUT2D eigenvalue weighted by molar-refractivity contribution is -0.431. The van der Waals surface area contributed by atoms with E-state index < -0.39 is 9.85 Å². The maximum absolute atomic E-state index is 10.8. The van der Waals surface area contributed by atoms with Crippen LogP contribution >= 0.6 is 11.6 Å². The van der Waals surface area contributed by atoms with Gasteiger partial charge in [0.1, 0.15) is 0 Å². The Bertz CT molecular complexity index is 526. The van der Waals surface area contributed by atoms with Gasteiger partial charge in [0, 0.05) is 34.7 Å². The summed E-state index contributed by atoms with van der Waals surface area (Å²) in [5.74, 6) is -0.310. The van der Waals surface area contributed by atoms with Gasteiger partial charge in [0.15, 0.2) is 0 Å². The second-order valence-corrected chi connectivity index (χ2v) is 4.35. The highest BCUT2D eigenvalue weighted by Gasteiger charge is 2.17. The summed E-state index contributed by atoms with van der Waals surface area (Å²) in [6.45, 7) is 3.33. The summed E-state index contributed by atoms with van der Waals surface area (Å²) in [5, 5.41) is 21.7. The third kappa shape index (κ3) is 3.27. The second kappa shape index (κ2) is 5.59. The molecule has 0 unspecified atom stereocenters. The van der Waals surface area contributed by atoms with Crippen LogP contribution in [0.4, 0.5) is 5.69 Å². The van der Waals surface area contributed by atoms with E-state index in [9.17, 15) is 20.2 Å². The van der Waals surface area contributed by atoms with Crippen LogP contribution in [0, 0.1) is 26.1 Å². The summed E-state index contributed by atoms with van der Waals surface area (Å²) >= 11 is 5.86. The number of halogens is 1. The smallest absolute Gasteiger partial charge is 0.259 e. The lowest BCUT2D eigenvalue weighted by atomic mass is 10.1. The predicted molar refractivity (Wildman–Crippen MR) is 67.9 cm³/mol. The molecule has 0 aliphatic carbocycles. The van der Waals surface area contributed by atoms with Crippen molar-refractivity contribution in [3.8, 4) is 0 Å². The molecule has 6 nitrogen and oxygen atoms in total. The van der Waals surface area contributed by atoms with E-state index >= 15 is 0 Å². The van der Waals surface area contributed by atoms with Crippen molar-refractivity contribution in [2.75, 3.05) is 0 Å². The Labute approximate surface area is 108 Å². The third-order valence-corrected chi connectivity index (χ3v) is 2.64. The number of allylic oxidation sites excluding steroid dienone is 1. The van der Waals surface area contributed by atoms with Crippen molar-refractivity contribution in [3.05, 3.63) is 54.7 Å². The normalized spacial score (nSPS) is 11.7. The summed E-state index contributed by atoms with van der Waals surface area (Å²) in [4.78, 5) is 20.4. The van der Waals surface area contributed by atoms with Gasteiger partial charge in [0.25, 0.3) is 5.69 Å². The van der Waals surface area contributed by atoms with Crippen LogP contribution in [0.25, 0.3) is 6.08 Å². The molecule has 7 heteroatoms. The Kier molecular flexibility index (Phi) is 4.38. The monoisotopic (exact) mass is 270 g/mol. The van der Waals surface area contributed by atoms with Crippen molar-refractivity contribution >= 4 is 23.4 Å². The van der Waals surface area contributed by atoms with Gasteiger partial charge in [-0.15, -0.1) is 0 Å². The molecule has 0 amide bonds. The number of non-ortho nitro benzene ring substituents is 1. The van der Waals surface area contributed by atoms with Crippen LogP contribution in [0.5, 0.6) is 0 Å². The minimum atomic E-state index is -0.575. The maximum atomic E-state index is 10.8. The van der Waals surface area contributed by atoms with E-state index in [2.05, 4.69) is 0 Å². The van der Waals surface area contributed by atoms with Crippen molar-refractivity contribution in [3.63, 3.8) is 0 Å². The third-order valence-electron chi connectivity index (χ3n) is 2.30. The molecule has 1 rings (SSSR count). The van der Waals surface area contributed by atoms with Gasteiger partial charge in [-0.25, -0.2) is 0 Å². The summed E-state index contributed by atoms with van der Waals surface area (Å²) in [7, 11) is 0. The van der Waals surface area contributed by atoms with Gasteiger partial charge in [-0.05, 0) is 6.07 Å². The van der Waals surface area contributed by atoms with E-state index in [0.717, 1.165) is 0 Å². The van der Waals surface area contributed by atoms with Crippen molar-refractivity contribution in [2.45, 2.75) is 13.8 Å². The fourth-order valence-corrected chi connectivity index (χ4v) is 1.52. The molecule has 96 valence electrons. The number of hydrogen-bond donors (Lipinski definition) is 0. The SMILES string of the molecule is CC(C)/C(=C/c1cc([N+](=O)[O-])ccc1Cl)[N+](=O)[O-]. The van der Waals surface area contributed by atoms with Crippen molar-refractivity contribution in [1.82, 2.24) is 0 Å². The summed E-state index contributed by atoms with van der Waals surface area (Å²) in [6.07, 6.45) is 1.26. The van der Waals surface area contributed by atoms with Crippen molar-refractivity contribution < 1.29 is 9.85 Å². The van der Waals surface area contributed by atoms with Crippen LogP contribution in [0.1, 0.15) is 19.4 Å². The van der Waals surface area contributed by atoms with Crippen LogP contribution in [0.3, 0.4) is 0 Å². The highest BCUT2D eigenvalue weighted by atomic mass is 35.5. The van der Waals surface area contributed by atoms with E-state index in [4.69, 9.17) is 11.6 Å². The molecule has 0 heterocycles. The molecule has 1 aromatic rings. The quantitative estimate of drug-likeness (QED) is 0.618. The number of hydrogen-bond acceptors (Lipinski definition) is 4. The van der Waals surface area contributed by atoms with Gasteiger partial charge >= 0.3 is 0 Å². The molecule has 0 bridgehead atoms. The zero-order valence-corrected chi connectivity index (χ0v) is 10.5. The van der Waals surface area contributed by atoms with E-state index in [1.165, 1.54) is 24.3 Å².